The van der Waals surface area contributed by atoms with Crippen LogP contribution in [0.25, 0.3) is 17.1 Å². The largest absolute Gasteiger partial charge is 0.435 e. The van der Waals surface area contributed by atoms with E-state index in [9.17, 15) is 27.9 Å². The maximum atomic E-state index is 14.0. The maximum Gasteiger partial charge on any atom is 0.435 e. The zero-order valence-electron chi connectivity index (χ0n) is 25.8. The Morgan fingerprint density at radius 2 is 1.92 bits per heavy atom. The Balaban J connectivity index is 1.10. The van der Waals surface area contributed by atoms with Gasteiger partial charge in [0.15, 0.2) is 17.3 Å². The number of aliphatic hydroxyl groups excluding tert-OH is 1. The summed E-state index contributed by atoms with van der Waals surface area (Å²) in [6, 6.07) is 7.93. The number of halogens is 4. The second-order valence-corrected chi connectivity index (χ2v) is 12.3. The molecule has 1 aromatic carbocycles. The Bertz CT molecular complexity index is 1800. The molecule has 0 spiro atoms. The van der Waals surface area contributed by atoms with E-state index in [1.54, 1.807) is 4.90 Å². The molecule has 254 valence electrons. The number of imidazole rings is 1. The molecule has 2 aliphatic rings. The van der Waals surface area contributed by atoms with Crippen LogP contribution in [0.1, 0.15) is 45.9 Å². The summed E-state index contributed by atoms with van der Waals surface area (Å²) in [5, 5.41) is 23.0. The molecule has 0 unspecified atom stereocenters. The molecule has 2 saturated heterocycles. The summed E-state index contributed by atoms with van der Waals surface area (Å²) < 4.78 is 44.2. The van der Waals surface area contributed by atoms with Gasteiger partial charge in [0.1, 0.15) is 0 Å². The molecule has 6 N–H and O–H groups in total. The SMILES string of the molecule is Cn1c(-c2cn(-c3ccc(N)cn3)nc2C(F)(F)F)cnc1C(=O)Nc1ccc(C(=O)N2CCC(NC[C@@H]3C[C@@H](O)CN3)CC2)c(Cl)c1. The number of pyridine rings is 1. The lowest BCUT2D eigenvalue weighted by molar-refractivity contribution is -0.140. The van der Waals surface area contributed by atoms with Gasteiger partial charge in [-0.05, 0) is 49.6 Å². The summed E-state index contributed by atoms with van der Waals surface area (Å²) in [7, 11) is 1.42. The van der Waals surface area contributed by atoms with Crippen LogP contribution in [-0.2, 0) is 13.2 Å². The van der Waals surface area contributed by atoms with Gasteiger partial charge in [0.25, 0.3) is 11.8 Å². The fourth-order valence-corrected chi connectivity index (χ4v) is 6.23. The minimum atomic E-state index is -4.80. The van der Waals surface area contributed by atoms with E-state index in [2.05, 4.69) is 31.0 Å². The van der Waals surface area contributed by atoms with Crippen molar-refractivity contribution in [1.82, 2.24) is 39.8 Å². The third-order valence-corrected chi connectivity index (χ3v) is 8.86. The number of anilines is 2. The number of rotatable bonds is 8. The second-order valence-electron chi connectivity index (χ2n) is 11.9. The zero-order chi connectivity index (χ0) is 34.2. The minimum Gasteiger partial charge on any atom is -0.397 e. The summed E-state index contributed by atoms with van der Waals surface area (Å²) >= 11 is 6.49. The van der Waals surface area contributed by atoms with Crippen LogP contribution in [0.4, 0.5) is 24.5 Å². The smallest absolute Gasteiger partial charge is 0.397 e. The van der Waals surface area contributed by atoms with Crippen LogP contribution in [0, 0.1) is 0 Å². The second kappa shape index (κ2) is 13.5. The first-order chi connectivity index (χ1) is 22.9. The number of aromatic nitrogens is 5. The number of benzene rings is 1. The highest BCUT2D eigenvalue weighted by Gasteiger charge is 2.39. The van der Waals surface area contributed by atoms with E-state index in [1.165, 1.54) is 48.1 Å². The summed E-state index contributed by atoms with van der Waals surface area (Å²) in [6.07, 6.45) is 0.795. The Morgan fingerprint density at radius 3 is 2.56 bits per heavy atom. The first kappa shape index (κ1) is 33.4. The topological polar surface area (TPSA) is 168 Å². The van der Waals surface area contributed by atoms with Gasteiger partial charge in [-0.2, -0.15) is 18.3 Å². The van der Waals surface area contributed by atoms with Crippen molar-refractivity contribution in [1.29, 1.82) is 0 Å². The lowest BCUT2D eigenvalue weighted by Gasteiger charge is -2.33. The molecule has 17 heteroatoms. The van der Waals surface area contributed by atoms with Crippen LogP contribution in [0.3, 0.4) is 0 Å². The Morgan fingerprint density at radius 1 is 1.15 bits per heavy atom. The van der Waals surface area contributed by atoms with Crippen LogP contribution < -0.4 is 21.7 Å². The summed E-state index contributed by atoms with van der Waals surface area (Å²) in [6.45, 7) is 2.48. The fraction of sp³-hybridized carbons (Fsp3) is 0.387. The van der Waals surface area contributed by atoms with Crippen molar-refractivity contribution in [3.05, 3.63) is 71.0 Å². The molecule has 2 aliphatic heterocycles. The van der Waals surface area contributed by atoms with E-state index in [4.69, 9.17) is 17.3 Å². The maximum absolute atomic E-state index is 14.0. The standard InChI is InChI=1S/C31H34ClF3N10O3/c1-43-25(23-16-45(42-27(23)31(33,34)35)26-5-2-17(36)12-39-26)15-40-28(43)29(47)41-19-3-4-22(24(32)11-19)30(48)44-8-6-18(7-9-44)37-13-20-10-21(46)14-38-20/h2-5,11-12,15-16,18,20-21,37-38,46H,6-10,13-14,36H2,1H3,(H,41,47)/t20-,21+/m0/s1. The van der Waals surface area contributed by atoms with Gasteiger partial charge in [-0.3, -0.25) is 9.59 Å². The lowest BCUT2D eigenvalue weighted by atomic mass is 10.0. The highest BCUT2D eigenvalue weighted by molar-refractivity contribution is 6.34. The molecule has 0 bridgehead atoms. The highest BCUT2D eigenvalue weighted by atomic mass is 35.5. The predicted molar refractivity (Wildman–Crippen MR) is 172 cm³/mol. The van der Waals surface area contributed by atoms with E-state index in [0.29, 0.717) is 25.3 Å². The molecular formula is C31H34ClF3N10O3. The van der Waals surface area contributed by atoms with E-state index >= 15 is 0 Å². The third-order valence-electron chi connectivity index (χ3n) is 8.55. The minimum absolute atomic E-state index is 0.00104. The molecule has 0 radical (unpaired) electrons. The number of amides is 2. The van der Waals surface area contributed by atoms with Crippen molar-refractivity contribution in [3.8, 4) is 17.1 Å². The number of carbonyl (C=O) groups excluding carboxylic acids is 2. The number of nitrogen functional groups attached to an aromatic ring is 1. The van der Waals surface area contributed by atoms with Gasteiger partial charge in [0.2, 0.25) is 0 Å². The predicted octanol–water partition coefficient (Wildman–Crippen LogP) is 3.09. The lowest BCUT2D eigenvalue weighted by Crippen LogP contribution is -2.47. The molecule has 3 aromatic heterocycles. The number of hydrogen-bond donors (Lipinski definition) is 5. The van der Waals surface area contributed by atoms with Gasteiger partial charge in [-0.15, -0.1) is 0 Å². The van der Waals surface area contributed by atoms with Crippen molar-refractivity contribution in [3.63, 3.8) is 0 Å². The van der Waals surface area contributed by atoms with E-state index < -0.39 is 17.8 Å². The number of likely N-dealkylation sites (tertiary alicyclic amines) is 1. The van der Waals surface area contributed by atoms with Gasteiger partial charge in [0.05, 0.1) is 46.0 Å². The number of β-amino-alcohol motifs (C(OH)–C–C–N with tert-alkyl or cyclic N) is 1. The number of nitrogens with zero attached hydrogens (tertiary/aromatic N) is 6. The third kappa shape index (κ3) is 7.16. The molecule has 4 aromatic rings. The van der Waals surface area contributed by atoms with E-state index in [0.717, 1.165) is 42.9 Å². The Labute approximate surface area is 278 Å². The number of carbonyl (C=O) groups is 2. The van der Waals surface area contributed by atoms with Crippen LogP contribution in [0.2, 0.25) is 5.02 Å². The first-order valence-electron chi connectivity index (χ1n) is 15.3. The molecular weight excluding hydrogens is 653 g/mol. The van der Waals surface area contributed by atoms with Crippen molar-refractivity contribution in [2.45, 2.75) is 43.6 Å². The van der Waals surface area contributed by atoms with Crippen molar-refractivity contribution in [2.75, 3.05) is 37.2 Å². The van der Waals surface area contributed by atoms with Crippen LogP contribution >= 0.6 is 11.6 Å². The fourth-order valence-electron chi connectivity index (χ4n) is 5.96. The van der Waals surface area contributed by atoms with Crippen LogP contribution in [0.5, 0.6) is 0 Å². The molecule has 6 rings (SSSR count). The first-order valence-corrected chi connectivity index (χ1v) is 15.7. The van der Waals surface area contributed by atoms with Gasteiger partial charge < -0.3 is 36.3 Å². The summed E-state index contributed by atoms with van der Waals surface area (Å²) in [5.41, 5.74) is 5.07. The van der Waals surface area contributed by atoms with E-state index in [1.807, 2.05) is 0 Å². The van der Waals surface area contributed by atoms with Gasteiger partial charge >= 0.3 is 6.18 Å². The number of aliphatic hydroxyl groups is 1. The number of nitrogens with two attached hydrogens (primary N) is 1. The molecule has 5 heterocycles. The number of nitrogens with one attached hydrogen (secondary N) is 3. The molecule has 0 saturated carbocycles. The Kier molecular flexibility index (Phi) is 9.42. The molecule has 48 heavy (non-hydrogen) atoms. The van der Waals surface area contributed by atoms with Gasteiger partial charge in [-0.25, -0.2) is 14.6 Å². The Hall–Kier alpha value is -4.51. The zero-order valence-corrected chi connectivity index (χ0v) is 26.6. The normalized spacial score (nSPS) is 18.8. The number of alkyl halides is 3. The average Bonchev–Trinajstić information content (AvgIpc) is 3.78. The van der Waals surface area contributed by atoms with E-state index in [-0.39, 0.29) is 63.3 Å². The van der Waals surface area contributed by atoms with Crippen molar-refractivity contribution >= 4 is 34.8 Å². The van der Waals surface area contributed by atoms with Gasteiger partial charge in [-0.1, -0.05) is 11.6 Å². The molecule has 0 aliphatic carbocycles. The summed E-state index contributed by atoms with van der Waals surface area (Å²) in [5.74, 6) is -0.960. The molecule has 2 amide bonds. The monoisotopic (exact) mass is 686 g/mol. The highest BCUT2D eigenvalue weighted by Crippen LogP contribution is 2.37. The quantitative estimate of drug-likeness (QED) is 0.187. The average molecular weight is 687 g/mol. The molecule has 13 nitrogen and oxygen atoms in total. The van der Waals surface area contributed by atoms with Crippen LogP contribution in [0.15, 0.2) is 48.9 Å². The molecule has 2 atom stereocenters. The molecule has 2 fully saturated rings. The van der Waals surface area contributed by atoms with Crippen molar-refractivity contribution in [2.24, 2.45) is 7.05 Å². The number of hydrogen-bond acceptors (Lipinski definition) is 9. The van der Waals surface area contributed by atoms with Crippen LogP contribution in [-0.4, -0.2) is 90.5 Å². The summed E-state index contributed by atoms with van der Waals surface area (Å²) in [4.78, 5) is 36.3. The number of piperidine rings is 1. The van der Waals surface area contributed by atoms with Crippen molar-refractivity contribution < 1.29 is 27.9 Å². The van der Waals surface area contributed by atoms with Gasteiger partial charge in [0, 0.05) is 57.2 Å².